The molecule has 0 aliphatic rings. The lowest BCUT2D eigenvalue weighted by atomic mass is 10.2. The van der Waals surface area contributed by atoms with Gasteiger partial charge in [0.05, 0.1) is 22.1 Å². The number of carbonyl (C=O) groups excluding carboxylic acids is 1. The third-order valence-electron chi connectivity index (χ3n) is 6.83. The van der Waals surface area contributed by atoms with Crippen LogP contribution < -0.4 is 26.2 Å². The van der Waals surface area contributed by atoms with Gasteiger partial charge in [0, 0.05) is 31.5 Å². The smallest absolute Gasteiger partial charge is 0.332 e. The Balaban J connectivity index is 1.39. The van der Waals surface area contributed by atoms with Crippen LogP contribution in [0.1, 0.15) is 25.4 Å². The Labute approximate surface area is 245 Å². The number of aromatic nitrogens is 4. The fourth-order valence-electron chi connectivity index (χ4n) is 4.62. The third kappa shape index (κ3) is 6.40. The maximum absolute atomic E-state index is 13.5. The number of amides is 1. The van der Waals surface area contributed by atoms with Crippen molar-refractivity contribution in [3.63, 3.8) is 0 Å². The van der Waals surface area contributed by atoms with Crippen LogP contribution in [0.5, 0.6) is 11.5 Å². The zero-order valence-electron chi connectivity index (χ0n) is 23.0. The van der Waals surface area contributed by atoms with Crippen LogP contribution in [0.2, 0.25) is 0 Å². The molecule has 0 aliphatic carbocycles. The van der Waals surface area contributed by atoms with Crippen LogP contribution in [0.25, 0.3) is 16.6 Å². The lowest BCUT2D eigenvalue weighted by molar-refractivity contribution is -0.129. The number of rotatable bonds is 11. The standard InChI is InChI=1S/C29H28N6O7S/c1-33-25-6-3-2-5-24(25)28(37)35(29(33)38)26(7-4-8-27(36)31-39)32-43(40,41)23-15-13-22(14-16-23)42-21-11-9-20(10-12-21)34-18-17-30-19-34/h2-3,5-6,9-19,26,32,39H,4,7-8H2,1H3,(H,31,36). The maximum atomic E-state index is 13.5. The molecule has 5 aromatic rings. The van der Waals surface area contributed by atoms with Crippen molar-refractivity contribution in [3.8, 4) is 17.2 Å². The molecular weight excluding hydrogens is 576 g/mol. The number of hydrogen-bond acceptors (Lipinski definition) is 8. The lowest BCUT2D eigenvalue weighted by Gasteiger charge is -2.22. The van der Waals surface area contributed by atoms with Gasteiger partial charge in [-0.15, -0.1) is 0 Å². The van der Waals surface area contributed by atoms with Crippen molar-refractivity contribution < 1.29 is 23.2 Å². The number of carbonyl (C=O) groups is 1. The summed E-state index contributed by atoms with van der Waals surface area (Å²) in [7, 11) is -2.77. The molecule has 1 unspecified atom stereocenters. The number of nitrogens with zero attached hydrogens (tertiary/aromatic N) is 4. The van der Waals surface area contributed by atoms with E-state index in [1.54, 1.807) is 48.9 Å². The number of fused-ring (bicyclic) bond motifs is 1. The number of benzene rings is 3. The van der Waals surface area contributed by atoms with Crippen molar-refractivity contribution in [1.82, 2.24) is 28.9 Å². The molecule has 0 radical (unpaired) electrons. The fourth-order valence-corrected chi connectivity index (χ4v) is 5.84. The van der Waals surface area contributed by atoms with Crippen LogP contribution >= 0.6 is 0 Å². The Morgan fingerprint density at radius 3 is 2.33 bits per heavy atom. The van der Waals surface area contributed by atoms with Gasteiger partial charge in [-0.1, -0.05) is 12.1 Å². The molecule has 0 saturated heterocycles. The van der Waals surface area contributed by atoms with Crippen LogP contribution in [0.3, 0.4) is 0 Å². The average Bonchev–Trinajstić information content (AvgIpc) is 3.56. The minimum Gasteiger partial charge on any atom is -0.457 e. The number of para-hydroxylation sites is 1. The minimum atomic E-state index is -4.26. The number of imidazole rings is 1. The first kappa shape index (κ1) is 29.4. The highest BCUT2D eigenvalue weighted by molar-refractivity contribution is 7.89. The molecule has 14 heteroatoms. The highest BCUT2D eigenvalue weighted by Gasteiger charge is 2.26. The highest BCUT2D eigenvalue weighted by Crippen LogP contribution is 2.25. The largest absolute Gasteiger partial charge is 0.457 e. The number of nitrogens with one attached hydrogen (secondary N) is 2. The van der Waals surface area contributed by atoms with E-state index in [0.29, 0.717) is 17.0 Å². The molecule has 1 atom stereocenters. The van der Waals surface area contributed by atoms with Gasteiger partial charge < -0.3 is 9.30 Å². The predicted octanol–water partition coefficient (Wildman–Crippen LogP) is 2.83. The molecule has 2 heterocycles. The van der Waals surface area contributed by atoms with E-state index in [0.717, 1.165) is 10.3 Å². The molecule has 0 fully saturated rings. The summed E-state index contributed by atoms with van der Waals surface area (Å²) in [5, 5.41) is 9.05. The Morgan fingerprint density at radius 2 is 1.67 bits per heavy atom. The number of ether oxygens (including phenoxy) is 1. The van der Waals surface area contributed by atoms with Gasteiger partial charge in [0.15, 0.2) is 0 Å². The van der Waals surface area contributed by atoms with Gasteiger partial charge in [0.2, 0.25) is 15.9 Å². The molecular formula is C29H28N6O7S. The van der Waals surface area contributed by atoms with Crippen molar-refractivity contribution in [3.05, 3.63) is 112 Å². The van der Waals surface area contributed by atoms with Gasteiger partial charge in [-0.2, -0.15) is 4.72 Å². The average molecular weight is 605 g/mol. The third-order valence-corrected chi connectivity index (χ3v) is 8.30. The molecule has 222 valence electrons. The molecule has 0 saturated carbocycles. The van der Waals surface area contributed by atoms with Crippen molar-refractivity contribution in [2.75, 3.05) is 0 Å². The lowest BCUT2D eigenvalue weighted by Crippen LogP contribution is -2.47. The SMILES string of the molecule is Cn1c(=O)n(C(CCCC(=O)NO)NS(=O)(=O)c2ccc(Oc3ccc(-n4ccnc4)cc3)cc2)c(=O)c2ccccc21. The monoisotopic (exact) mass is 604 g/mol. The molecule has 0 spiro atoms. The second kappa shape index (κ2) is 12.4. The maximum Gasteiger partial charge on any atom is 0.332 e. The van der Waals surface area contributed by atoms with Gasteiger partial charge in [0.1, 0.15) is 17.7 Å². The number of sulfonamides is 1. The van der Waals surface area contributed by atoms with Crippen LogP contribution in [-0.4, -0.2) is 38.2 Å². The van der Waals surface area contributed by atoms with E-state index < -0.39 is 33.3 Å². The van der Waals surface area contributed by atoms with Gasteiger partial charge in [-0.05, 0) is 73.5 Å². The fraction of sp³-hybridized carbons (Fsp3) is 0.172. The Kier molecular flexibility index (Phi) is 8.52. The van der Waals surface area contributed by atoms with E-state index in [4.69, 9.17) is 9.94 Å². The first-order chi connectivity index (χ1) is 20.7. The summed E-state index contributed by atoms with van der Waals surface area (Å²) in [6, 6.07) is 19.4. The summed E-state index contributed by atoms with van der Waals surface area (Å²) in [5.74, 6) is 0.240. The van der Waals surface area contributed by atoms with Gasteiger partial charge in [-0.3, -0.25) is 19.4 Å². The molecule has 1 amide bonds. The summed E-state index contributed by atoms with van der Waals surface area (Å²) in [4.78, 5) is 42.2. The predicted molar refractivity (Wildman–Crippen MR) is 157 cm³/mol. The minimum absolute atomic E-state index is 0.0639. The summed E-state index contributed by atoms with van der Waals surface area (Å²) < 4.78 is 39.2. The number of aryl methyl sites for hydroxylation is 1. The quantitative estimate of drug-likeness (QED) is 0.153. The molecule has 0 aliphatic heterocycles. The Hall–Kier alpha value is -5.05. The molecule has 43 heavy (non-hydrogen) atoms. The van der Waals surface area contributed by atoms with Crippen LogP contribution in [0.4, 0.5) is 0 Å². The van der Waals surface area contributed by atoms with Crippen LogP contribution in [0.15, 0.2) is 106 Å². The van der Waals surface area contributed by atoms with Crippen molar-refractivity contribution in [2.24, 2.45) is 7.05 Å². The highest BCUT2D eigenvalue weighted by atomic mass is 32.2. The molecule has 3 aromatic carbocycles. The first-order valence-corrected chi connectivity index (χ1v) is 14.7. The van der Waals surface area contributed by atoms with Crippen LogP contribution in [0, 0.1) is 0 Å². The van der Waals surface area contributed by atoms with E-state index in [2.05, 4.69) is 9.71 Å². The van der Waals surface area contributed by atoms with E-state index in [1.165, 1.54) is 41.4 Å². The summed E-state index contributed by atoms with van der Waals surface area (Å²) in [5.41, 5.74) is 1.39. The zero-order chi connectivity index (χ0) is 30.6. The van der Waals surface area contributed by atoms with Crippen molar-refractivity contribution in [1.29, 1.82) is 0 Å². The van der Waals surface area contributed by atoms with Crippen LogP contribution in [-0.2, 0) is 21.9 Å². The van der Waals surface area contributed by atoms with Crippen molar-refractivity contribution >= 4 is 26.8 Å². The second-order valence-electron chi connectivity index (χ2n) is 9.64. The number of hydrogen-bond donors (Lipinski definition) is 3. The van der Waals surface area contributed by atoms with E-state index in [9.17, 15) is 22.8 Å². The van der Waals surface area contributed by atoms with Gasteiger partial charge in [-0.25, -0.2) is 28.2 Å². The molecule has 2 aromatic heterocycles. The normalized spacial score (nSPS) is 12.2. The second-order valence-corrected chi connectivity index (χ2v) is 11.3. The zero-order valence-corrected chi connectivity index (χ0v) is 23.8. The van der Waals surface area contributed by atoms with E-state index in [-0.39, 0.29) is 29.5 Å². The summed E-state index contributed by atoms with van der Waals surface area (Å²) in [6.45, 7) is 0. The Morgan fingerprint density at radius 1 is 1.00 bits per heavy atom. The van der Waals surface area contributed by atoms with Gasteiger partial charge >= 0.3 is 5.69 Å². The molecule has 0 bridgehead atoms. The topological polar surface area (TPSA) is 167 Å². The number of hydroxylamine groups is 1. The Bertz CT molecular complexity index is 1970. The summed E-state index contributed by atoms with van der Waals surface area (Å²) >= 11 is 0. The van der Waals surface area contributed by atoms with E-state index >= 15 is 0 Å². The molecule has 13 nitrogen and oxygen atoms in total. The summed E-state index contributed by atoms with van der Waals surface area (Å²) in [6.07, 6.45) is 3.66. The molecule has 5 rings (SSSR count). The molecule has 3 N–H and O–H groups in total. The first-order valence-electron chi connectivity index (χ1n) is 13.2. The van der Waals surface area contributed by atoms with Crippen molar-refractivity contribution in [2.45, 2.75) is 30.3 Å². The van der Waals surface area contributed by atoms with Gasteiger partial charge in [0.25, 0.3) is 5.56 Å². The van der Waals surface area contributed by atoms with E-state index in [1.807, 2.05) is 22.9 Å².